The summed E-state index contributed by atoms with van der Waals surface area (Å²) < 4.78 is 14.0. The second kappa shape index (κ2) is 6.02. The minimum absolute atomic E-state index is 0.205. The predicted molar refractivity (Wildman–Crippen MR) is 73.8 cm³/mol. The molecule has 0 saturated carbocycles. The Bertz CT molecular complexity index is 458. The Morgan fingerprint density at radius 2 is 2.16 bits per heavy atom. The highest BCUT2D eigenvalue weighted by Crippen LogP contribution is 2.22. The van der Waals surface area contributed by atoms with Gasteiger partial charge in [0.25, 0.3) is 0 Å². The van der Waals surface area contributed by atoms with Crippen LogP contribution in [0.4, 0.5) is 10.1 Å². The van der Waals surface area contributed by atoms with Crippen LogP contribution < -0.4 is 16.0 Å². The van der Waals surface area contributed by atoms with E-state index in [-0.39, 0.29) is 5.56 Å². The number of primary amides is 1. The Morgan fingerprint density at radius 3 is 2.74 bits per heavy atom. The van der Waals surface area contributed by atoms with Crippen molar-refractivity contribution in [2.75, 3.05) is 31.6 Å². The van der Waals surface area contributed by atoms with Crippen molar-refractivity contribution in [1.82, 2.24) is 5.32 Å². The molecule has 0 unspecified atom stereocenters. The summed E-state index contributed by atoms with van der Waals surface area (Å²) in [4.78, 5) is 12.9. The SMILES string of the molecule is CN(CC1CCNCC1)c1ccc(C(N)=O)cc1F. The van der Waals surface area contributed by atoms with E-state index in [0.29, 0.717) is 11.6 Å². The molecule has 0 spiro atoms. The number of benzene rings is 1. The summed E-state index contributed by atoms with van der Waals surface area (Å²) in [5, 5.41) is 3.32. The van der Waals surface area contributed by atoms with Gasteiger partial charge in [-0.1, -0.05) is 0 Å². The Kier molecular flexibility index (Phi) is 4.37. The number of hydrogen-bond acceptors (Lipinski definition) is 3. The zero-order valence-corrected chi connectivity index (χ0v) is 11.2. The topological polar surface area (TPSA) is 58.4 Å². The fourth-order valence-electron chi connectivity index (χ4n) is 2.52. The maximum Gasteiger partial charge on any atom is 0.248 e. The van der Waals surface area contributed by atoms with Crippen LogP contribution in [0.5, 0.6) is 0 Å². The van der Waals surface area contributed by atoms with Crippen LogP contribution >= 0.6 is 0 Å². The Labute approximate surface area is 112 Å². The van der Waals surface area contributed by atoms with Crippen molar-refractivity contribution < 1.29 is 9.18 Å². The molecule has 3 N–H and O–H groups in total. The highest BCUT2D eigenvalue weighted by atomic mass is 19.1. The molecule has 1 heterocycles. The van der Waals surface area contributed by atoms with E-state index >= 15 is 0 Å². The summed E-state index contributed by atoms with van der Waals surface area (Å²) in [7, 11) is 1.88. The monoisotopic (exact) mass is 265 g/mol. The van der Waals surface area contributed by atoms with Crippen LogP contribution in [0.1, 0.15) is 23.2 Å². The van der Waals surface area contributed by atoms with Gasteiger partial charge in [-0.2, -0.15) is 0 Å². The van der Waals surface area contributed by atoms with Crippen molar-refractivity contribution in [3.8, 4) is 0 Å². The molecule has 1 aliphatic heterocycles. The first-order valence-corrected chi connectivity index (χ1v) is 6.59. The summed E-state index contributed by atoms with van der Waals surface area (Å²) >= 11 is 0. The molecule has 0 bridgehead atoms. The van der Waals surface area contributed by atoms with Gasteiger partial charge in [0.1, 0.15) is 5.82 Å². The number of halogens is 1. The van der Waals surface area contributed by atoms with Crippen molar-refractivity contribution in [2.24, 2.45) is 11.7 Å². The first kappa shape index (κ1) is 13.8. The molecule has 0 aromatic heterocycles. The number of carbonyl (C=O) groups excluding carboxylic acids is 1. The predicted octanol–water partition coefficient (Wildman–Crippen LogP) is 1.36. The van der Waals surface area contributed by atoms with E-state index in [1.165, 1.54) is 6.07 Å². The summed E-state index contributed by atoms with van der Waals surface area (Å²) in [6.07, 6.45) is 2.23. The Balaban J connectivity index is 2.05. The van der Waals surface area contributed by atoms with Gasteiger partial charge < -0.3 is 16.0 Å². The van der Waals surface area contributed by atoms with Crippen molar-refractivity contribution in [3.63, 3.8) is 0 Å². The molecule has 1 aliphatic rings. The van der Waals surface area contributed by atoms with Crippen molar-refractivity contribution in [2.45, 2.75) is 12.8 Å². The van der Waals surface area contributed by atoms with Gasteiger partial charge in [-0.3, -0.25) is 4.79 Å². The lowest BCUT2D eigenvalue weighted by atomic mass is 9.97. The minimum Gasteiger partial charge on any atom is -0.372 e. The van der Waals surface area contributed by atoms with Gasteiger partial charge in [0.2, 0.25) is 5.91 Å². The molecular formula is C14H20FN3O. The van der Waals surface area contributed by atoms with E-state index in [4.69, 9.17) is 5.73 Å². The van der Waals surface area contributed by atoms with Gasteiger partial charge in [-0.25, -0.2) is 4.39 Å². The number of nitrogens with one attached hydrogen (secondary N) is 1. The van der Waals surface area contributed by atoms with Crippen molar-refractivity contribution >= 4 is 11.6 Å². The lowest BCUT2D eigenvalue weighted by molar-refractivity contribution is 0.1000. The van der Waals surface area contributed by atoms with Gasteiger partial charge in [-0.15, -0.1) is 0 Å². The number of nitrogens with zero attached hydrogens (tertiary/aromatic N) is 1. The Morgan fingerprint density at radius 1 is 1.47 bits per heavy atom. The van der Waals surface area contributed by atoms with Gasteiger partial charge >= 0.3 is 0 Å². The number of rotatable bonds is 4. The third kappa shape index (κ3) is 3.44. The van der Waals surface area contributed by atoms with Crippen LogP contribution in [-0.2, 0) is 0 Å². The van der Waals surface area contributed by atoms with Gasteiger partial charge in [0, 0.05) is 19.2 Å². The molecule has 1 fully saturated rings. The van der Waals surface area contributed by atoms with E-state index in [0.717, 1.165) is 32.5 Å². The highest BCUT2D eigenvalue weighted by Gasteiger charge is 2.17. The summed E-state index contributed by atoms with van der Waals surface area (Å²) in [5.41, 5.74) is 5.85. The number of carbonyl (C=O) groups is 1. The highest BCUT2D eigenvalue weighted by molar-refractivity contribution is 5.93. The second-order valence-electron chi connectivity index (χ2n) is 5.10. The smallest absolute Gasteiger partial charge is 0.248 e. The molecule has 0 aliphatic carbocycles. The molecular weight excluding hydrogens is 245 g/mol. The van der Waals surface area contributed by atoms with E-state index in [1.54, 1.807) is 12.1 Å². The first-order valence-electron chi connectivity index (χ1n) is 6.59. The number of nitrogens with two attached hydrogens (primary N) is 1. The van der Waals surface area contributed by atoms with Gasteiger partial charge in [-0.05, 0) is 50.0 Å². The quantitative estimate of drug-likeness (QED) is 0.864. The average molecular weight is 265 g/mol. The fraction of sp³-hybridized carbons (Fsp3) is 0.500. The lowest BCUT2D eigenvalue weighted by Gasteiger charge is -2.29. The van der Waals surface area contributed by atoms with E-state index in [9.17, 15) is 9.18 Å². The number of piperidine rings is 1. The summed E-state index contributed by atoms with van der Waals surface area (Å²) in [6.45, 7) is 2.89. The fourth-order valence-corrected chi connectivity index (χ4v) is 2.52. The molecule has 0 atom stereocenters. The number of anilines is 1. The standard InChI is InChI=1S/C14H20FN3O/c1-18(9-10-4-6-17-7-5-10)13-3-2-11(14(16)19)8-12(13)15/h2-3,8,10,17H,4-7,9H2,1H3,(H2,16,19). The van der Waals surface area contributed by atoms with Crippen LogP contribution in [0.2, 0.25) is 0 Å². The maximum absolute atomic E-state index is 14.0. The van der Waals surface area contributed by atoms with E-state index in [2.05, 4.69) is 5.32 Å². The minimum atomic E-state index is -0.605. The van der Waals surface area contributed by atoms with E-state index < -0.39 is 11.7 Å². The third-order valence-corrected chi connectivity index (χ3v) is 3.63. The van der Waals surface area contributed by atoms with Crippen LogP contribution in [0, 0.1) is 11.7 Å². The van der Waals surface area contributed by atoms with Crippen molar-refractivity contribution in [3.05, 3.63) is 29.6 Å². The molecule has 1 amide bonds. The van der Waals surface area contributed by atoms with Crippen LogP contribution in [0.15, 0.2) is 18.2 Å². The third-order valence-electron chi connectivity index (χ3n) is 3.63. The Hall–Kier alpha value is -1.62. The van der Waals surface area contributed by atoms with Crippen LogP contribution in [0.3, 0.4) is 0 Å². The summed E-state index contributed by atoms with van der Waals surface area (Å²) in [6, 6.07) is 4.40. The number of hydrogen-bond donors (Lipinski definition) is 2. The van der Waals surface area contributed by atoms with Crippen molar-refractivity contribution in [1.29, 1.82) is 0 Å². The molecule has 1 aromatic rings. The first-order chi connectivity index (χ1) is 9.08. The van der Waals surface area contributed by atoms with Gasteiger partial charge in [0.15, 0.2) is 0 Å². The molecule has 2 rings (SSSR count). The molecule has 4 nitrogen and oxygen atoms in total. The zero-order chi connectivity index (χ0) is 13.8. The molecule has 1 saturated heterocycles. The average Bonchev–Trinajstić information content (AvgIpc) is 2.39. The molecule has 104 valence electrons. The maximum atomic E-state index is 14.0. The molecule has 19 heavy (non-hydrogen) atoms. The molecule has 0 radical (unpaired) electrons. The van der Waals surface area contributed by atoms with Crippen LogP contribution in [-0.4, -0.2) is 32.6 Å². The van der Waals surface area contributed by atoms with E-state index in [1.807, 2.05) is 11.9 Å². The zero-order valence-electron chi connectivity index (χ0n) is 11.2. The summed E-state index contributed by atoms with van der Waals surface area (Å²) in [5.74, 6) is -0.416. The largest absolute Gasteiger partial charge is 0.372 e. The second-order valence-corrected chi connectivity index (χ2v) is 5.10. The van der Waals surface area contributed by atoms with Crippen LogP contribution in [0.25, 0.3) is 0 Å². The normalized spacial score (nSPS) is 16.3. The molecule has 1 aromatic carbocycles. The lowest BCUT2D eigenvalue weighted by Crippen LogP contribution is -2.34. The molecule has 5 heteroatoms. The number of amides is 1. The van der Waals surface area contributed by atoms with Gasteiger partial charge in [0.05, 0.1) is 5.69 Å².